The molecule has 1 aromatic heterocycles. The molecule has 2 N–H and O–H groups in total. The van der Waals surface area contributed by atoms with E-state index >= 15 is 0 Å². The second-order valence-electron chi connectivity index (χ2n) is 7.93. The number of hydrogen-bond acceptors (Lipinski definition) is 4. The first kappa shape index (κ1) is 20.1. The summed E-state index contributed by atoms with van der Waals surface area (Å²) in [6.07, 6.45) is 12.1. The van der Waals surface area contributed by atoms with Gasteiger partial charge in [0.05, 0.1) is 6.10 Å². The van der Waals surface area contributed by atoms with Crippen molar-refractivity contribution < 1.29 is 9.90 Å². The number of urea groups is 1. The monoisotopic (exact) mass is 374 g/mol. The zero-order chi connectivity index (χ0) is 18.9. The lowest BCUT2D eigenvalue weighted by Gasteiger charge is -2.34. The van der Waals surface area contributed by atoms with Gasteiger partial charge in [-0.2, -0.15) is 0 Å². The van der Waals surface area contributed by atoms with Crippen LogP contribution in [0.25, 0.3) is 0 Å². The van der Waals surface area contributed by atoms with Crippen LogP contribution in [0.15, 0.2) is 24.5 Å². The number of pyridine rings is 1. The van der Waals surface area contributed by atoms with E-state index in [0.717, 1.165) is 57.3 Å². The number of nitrogens with one attached hydrogen (secondary N) is 1. The highest BCUT2D eigenvalue weighted by molar-refractivity contribution is 5.74. The number of aliphatic hydroxyl groups is 1. The highest BCUT2D eigenvalue weighted by Crippen LogP contribution is 2.24. The number of hydrogen-bond donors (Lipinski definition) is 2. The van der Waals surface area contributed by atoms with Gasteiger partial charge in [0.25, 0.3) is 0 Å². The summed E-state index contributed by atoms with van der Waals surface area (Å²) in [5.41, 5.74) is 1.14. The minimum Gasteiger partial charge on any atom is -0.393 e. The normalized spacial score (nSPS) is 19.7. The molecule has 0 aromatic carbocycles. The van der Waals surface area contributed by atoms with Gasteiger partial charge >= 0.3 is 6.03 Å². The third kappa shape index (κ3) is 6.47. The van der Waals surface area contributed by atoms with Gasteiger partial charge in [-0.3, -0.25) is 4.98 Å². The van der Waals surface area contributed by atoms with Crippen LogP contribution in [0.1, 0.15) is 56.9 Å². The second kappa shape index (κ2) is 10.6. The summed E-state index contributed by atoms with van der Waals surface area (Å²) in [6.45, 7) is 4.28. The number of likely N-dealkylation sites (tertiary alicyclic amines) is 1. The van der Waals surface area contributed by atoms with E-state index in [1.165, 1.54) is 19.3 Å². The van der Waals surface area contributed by atoms with Gasteiger partial charge in [-0.05, 0) is 56.3 Å². The average Bonchev–Trinajstić information content (AvgIpc) is 2.72. The van der Waals surface area contributed by atoms with E-state index in [0.29, 0.717) is 19.1 Å². The second-order valence-corrected chi connectivity index (χ2v) is 7.93. The Morgan fingerprint density at radius 1 is 1.15 bits per heavy atom. The van der Waals surface area contributed by atoms with Gasteiger partial charge in [-0.1, -0.05) is 19.3 Å². The molecule has 2 heterocycles. The Labute approximate surface area is 163 Å². The lowest BCUT2D eigenvalue weighted by atomic mass is 9.94. The number of aromatic nitrogens is 1. The minimum atomic E-state index is -0.127. The van der Waals surface area contributed by atoms with Crippen LogP contribution in [0, 0.1) is 0 Å². The molecule has 2 fully saturated rings. The Morgan fingerprint density at radius 3 is 2.56 bits per heavy atom. The van der Waals surface area contributed by atoms with E-state index in [2.05, 4.69) is 15.2 Å². The molecule has 0 atom stereocenters. The summed E-state index contributed by atoms with van der Waals surface area (Å²) < 4.78 is 0. The third-order valence-corrected chi connectivity index (χ3v) is 5.86. The van der Waals surface area contributed by atoms with Crippen molar-refractivity contribution in [1.82, 2.24) is 20.1 Å². The van der Waals surface area contributed by atoms with E-state index in [1.54, 1.807) is 12.4 Å². The standard InChI is InChI=1S/C21H34N4O2/c26-20-9-15-24(16-10-20)14-4-11-23-21(27)25(19-5-2-1-3-6-19)17-18-7-12-22-13-8-18/h7-8,12-13,19-20,26H,1-6,9-11,14-17H2,(H,23,27). The van der Waals surface area contributed by atoms with Gasteiger partial charge in [0.15, 0.2) is 0 Å². The number of carbonyl (C=O) groups excluding carboxylic acids is 1. The van der Waals surface area contributed by atoms with E-state index < -0.39 is 0 Å². The quantitative estimate of drug-likeness (QED) is 0.720. The molecule has 0 spiro atoms. The molecular weight excluding hydrogens is 340 g/mol. The number of amides is 2. The summed E-state index contributed by atoms with van der Waals surface area (Å²) in [4.78, 5) is 21.4. The van der Waals surface area contributed by atoms with E-state index in [9.17, 15) is 9.90 Å². The lowest BCUT2D eigenvalue weighted by molar-refractivity contribution is 0.0820. The van der Waals surface area contributed by atoms with Crippen molar-refractivity contribution in [3.8, 4) is 0 Å². The van der Waals surface area contributed by atoms with Gasteiger partial charge < -0.3 is 20.2 Å². The minimum absolute atomic E-state index is 0.0628. The predicted octanol–water partition coefficient (Wildman–Crippen LogP) is 2.77. The van der Waals surface area contributed by atoms with Crippen molar-refractivity contribution in [1.29, 1.82) is 0 Å². The molecule has 0 radical (unpaired) electrons. The molecule has 1 aliphatic heterocycles. The molecule has 2 amide bonds. The molecule has 3 rings (SSSR count). The van der Waals surface area contributed by atoms with Crippen LogP contribution in [0.4, 0.5) is 4.79 Å². The number of piperidine rings is 1. The molecule has 2 aliphatic rings. The molecule has 1 aromatic rings. The molecule has 0 unspecified atom stereocenters. The predicted molar refractivity (Wildman–Crippen MR) is 106 cm³/mol. The Hall–Kier alpha value is -1.66. The summed E-state index contributed by atoms with van der Waals surface area (Å²) in [5.74, 6) is 0. The average molecular weight is 375 g/mol. The smallest absolute Gasteiger partial charge is 0.317 e. The van der Waals surface area contributed by atoms with Crippen molar-refractivity contribution in [2.45, 2.75) is 70.1 Å². The van der Waals surface area contributed by atoms with Crippen molar-refractivity contribution in [3.63, 3.8) is 0 Å². The molecule has 1 aliphatic carbocycles. The fourth-order valence-electron chi connectivity index (χ4n) is 4.19. The molecule has 6 nitrogen and oxygen atoms in total. The topological polar surface area (TPSA) is 68.7 Å². The summed E-state index contributed by atoms with van der Waals surface area (Å²) >= 11 is 0. The fourth-order valence-corrected chi connectivity index (χ4v) is 4.19. The van der Waals surface area contributed by atoms with E-state index in [-0.39, 0.29) is 12.1 Å². The van der Waals surface area contributed by atoms with Gasteiger partial charge in [0, 0.05) is 44.6 Å². The van der Waals surface area contributed by atoms with Gasteiger partial charge in [-0.15, -0.1) is 0 Å². The lowest BCUT2D eigenvalue weighted by Crippen LogP contribution is -2.47. The van der Waals surface area contributed by atoms with E-state index in [4.69, 9.17) is 0 Å². The Bertz CT molecular complexity index is 555. The first-order valence-corrected chi connectivity index (χ1v) is 10.6. The zero-order valence-electron chi connectivity index (χ0n) is 16.4. The van der Waals surface area contributed by atoms with Crippen molar-refractivity contribution in [3.05, 3.63) is 30.1 Å². The molecule has 27 heavy (non-hydrogen) atoms. The fraction of sp³-hybridized carbons (Fsp3) is 0.714. The van der Waals surface area contributed by atoms with Crippen molar-refractivity contribution >= 4 is 6.03 Å². The van der Waals surface area contributed by atoms with Crippen LogP contribution in [0.5, 0.6) is 0 Å². The highest BCUT2D eigenvalue weighted by Gasteiger charge is 2.25. The number of aliphatic hydroxyl groups excluding tert-OH is 1. The van der Waals surface area contributed by atoms with Gasteiger partial charge in [0.1, 0.15) is 0 Å². The highest BCUT2D eigenvalue weighted by atomic mass is 16.3. The number of carbonyl (C=O) groups is 1. The Kier molecular flexibility index (Phi) is 7.90. The van der Waals surface area contributed by atoms with E-state index in [1.807, 2.05) is 17.0 Å². The number of nitrogens with zero attached hydrogens (tertiary/aromatic N) is 3. The van der Waals surface area contributed by atoms with Gasteiger partial charge in [0.2, 0.25) is 0 Å². The van der Waals surface area contributed by atoms with Crippen molar-refractivity contribution in [2.24, 2.45) is 0 Å². The Balaban J connectivity index is 1.46. The molecular formula is C21H34N4O2. The van der Waals surface area contributed by atoms with Crippen LogP contribution in [-0.2, 0) is 6.54 Å². The van der Waals surface area contributed by atoms with Crippen LogP contribution in [-0.4, -0.2) is 64.2 Å². The maximum Gasteiger partial charge on any atom is 0.317 e. The molecule has 0 bridgehead atoms. The Morgan fingerprint density at radius 2 is 1.85 bits per heavy atom. The van der Waals surface area contributed by atoms with Crippen LogP contribution >= 0.6 is 0 Å². The maximum absolute atomic E-state index is 12.9. The van der Waals surface area contributed by atoms with Crippen LogP contribution in [0.2, 0.25) is 0 Å². The maximum atomic E-state index is 12.9. The summed E-state index contributed by atoms with van der Waals surface area (Å²) in [6, 6.07) is 4.39. The van der Waals surface area contributed by atoms with Crippen LogP contribution in [0.3, 0.4) is 0 Å². The zero-order valence-corrected chi connectivity index (χ0v) is 16.4. The van der Waals surface area contributed by atoms with Crippen molar-refractivity contribution in [2.75, 3.05) is 26.2 Å². The summed E-state index contributed by atoms with van der Waals surface area (Å²) in [5, 5.41) is 12.7. The molecule has 1 saturated carbocycles. The molecule has 150 valence electrons. The first-order chi connectivity index (χ1) is 13.2. The molecule has 6 heteroatoms. The third-order valence-electron chi connectivity index (χ3n) is 5.86. The molecule has 1 saturated heterocycles. The first-order valence-electron chi connectivity index (χ1n) is 10.6. The largest absolute Gasteiger partial charge is 0.393 e. The number of rotatable bonds is 7. The van der Waals surface area contributed by atoms with Crippen LogP contribution < -0.4 is 5.32 Å². The SMILES string of the molecule is O=C(NCCCN1CCC(O)CC1)N(Cc1ccncc1)C1CCCCC1. The summed E-state index contributed by atoms with van der Waals surface area (Å²) in [7, 11) is 0. The van der Waals surface area contributed by atoms with Gasteiger partial charge in [-0.25, -0.2) is 4.79 Å².